The first kappa shape index (κ1) is 28.2. The molecule has 7 nitrogen and oxygen atoms in total. The van der Waals surface area contributed by atoms with Gasteiger partial charge in [-0.1, -0.05) is 42.5 Å². The van der Waals surface area contributed by atoms with Gasteiger partial charge in [0.2, 0.25) is 5.91 Å². The zero-order chi connectivity index (χ0) is 29.5. The lowest BCUT2D eigenvalue weighted by Crippen LogP contribution is -2.49. The van der Waals surface area contributed by atoms with Gasteiger partial charge in [0, 0.05) is 18.8 Å². The number of carbonyl (C=O) groups excluding carboxylic acids is 2. The highest BCUT2D eigenvalue weighted by Crippen LogP contribution is 2.43. The van der Waals surface area contributed by atoms with E-state index in [4.69, 9.17) is 4.99 Å². The Kier molecular flexibility index (Phi) is 7.41. The van der Waals surface area contributed by atoms with E-state index < -0.39 is 23.3 Å². The lowest BCUT2D eigenvalue weighted by molar-refractivity contribution is -0.132. The smallest absolute Gasteiger partial charge is 0.265 e. The van der Waals surface area contributed by atoms with Crippen LogP contribution < -0.4 is 4.90 Å². The second-order valence-electron chi connectivity index (χ2n) is 11.6. The molecule has 218 valence electrons. The Hall–Kier alpha value is -3.95. The molecule has 1 atom stereocenters. The van der Waals surface area contributed by atoms with Crippen LogP contribution >= 0.6 is 0 Å². The predicted molar refractivity (Wildman–Crippen MR) is 156 cm³/mol. The number of rotatable bonds is 7. The number of hydrogen-bond donors (Lipinski definition) is 1. The second-order valence-corrected chi connectivity index (χ2v) is 11.6. The Labute approximate surface area is 244 Å². The number of aliphatic hydroxyl groups is 1. The summed E-state index contributed by atoms with van der Waals surface area (Å²) in [6, 6.07) is 20.9. The van der Waals surface area contributed by atoms with E-state index in [1.165, 1.54) is 53.4 Å². The van der Waals surface area contributed by atoms with Crippen LogP contribution in [0.15, 0.2) is 83.9 Å². The number of aliphatic imine (C=N–C) groups is 1. The molecule has 0 bridgehead atoms. The van der Waals surface area contributed by atoms with Crippen LogP contribution in [0.4, 0.5) is 14.5 Å². The molecule has 3 heterocycles. The molecule has 3 aromatic rings. The normalized spacial score (nSPS) is 20.8. The molecule has 1 N–H and O–H groups in total. The molecule has 3 aliphatic heterocycles. The van der Waals surface area contributed by atoms with Crippen molar-refractivity contribution >= 4 is 23.3 Å². The molecule has 0 radical (unpaired) electrons. The fourth-order valence-corrected chi connectivity index (χ4v) is 6.70. The van der Waals surface area contributed by atoms with Crippen LogP contribution in [0.5, 0.6) is 0 Å². The molecule has 2 fully saturated rings. The summed E-state index contributed by atoms with van der Waals surface area (Å²) in [6.45, 7) is 4.16. The Morgan fingerprint density at radius 3 is 1.90 bits per heavy atom. The number of β-amino-alcohol motifs (C(OH)–C–C–N with tert-alkyl or cyclic N) is 1. The first-order valence-electron chi connectivity index (χ1n) is 14.4. The monoisotopic (exact) mass is 572 g/mol. The van der Waals surface area contributed by atoms with Crippen molar-refractivity contribution in [2.45, 2.75) is 37.8 Å². The number of likely N-dealkylation sites (tertiary alicyclic amines) is 1. The van der Waals surface area contributed by atoms with Crippen LogP contribution in [0, 0.1) is 17.0 Å². The van der Waals surface area contributed by atoms with Crippen molar-refractivity contribution in [3.05, 3.63) is 102 Å². The number of amidine groups is 1. The third kappa shape index (κ3) is 4.90. The number of amides is 2. The van der Waals surface area contributed by atoms with Crippen LogP contribution in [0.25, 0.3) is 0 Å². The lowest BCUT2D eigenvalue weighted by atomic mass is 9.77. The van der Waals surface area contributed by atoms with Crippen molar-refractivity contribution in [1.82, 2.24) is 9.80 Å². The minimum Gasteiger partial charge on any atom is -0.390 e. The Bertz CT molecular complexity index is 1440. The number of benzene rings is 3. The van der Waals surface area contributed by atoms with Crippen molar-refractivity contribution in [3.8, 4) is 0 Å². The van der Waals surface area contributed by atoms with Gasteiger partial charge >= 0.3 is 0 Å². The highest BCUT2D eigenvalue weighted by molar-refractivity contribution is 6.09. The molecule has 1 unspecified atom stereocenters. The van der Waals surface area contributed by atoms with Gasteiger partial charge in [-0.15, -0.1) is 0 Å². The highest BCUT2D eigenvalue weighted by atomic mass is 19.1. The number of carbonyl (C=O) groups is 2. The van der Waals surface area contributed by atoms with Crippen LogP contribution in [-0.4, -0.2) is 71.4 Å². The standard InChI is InChI=1S/C33H34F2N4O3/c1-23-36-33(24-7-11-26(34)12-8-24,25-9-13-27(35)14-10-25)31(42)39(23)22-29(40)21-37-18-15-32(16-19-37)17-20-38(30(32)41)28-5-3-2-4-6-28/h2-14,29,40H,15-22H2,1H3. The summed E-state index contributed by atoms with van der Waals surface area (Å²) >= 11 is 0. The summed E-state index contributed by atoms with van der Waals surface area (Å²) in [5, 5.41) is 11.1. The predicted octanol–water partition coefficient (Wildman–Crippen LogP) is 4.35. The SMILES string of the molecule is CC1=NC(c2ccc(F)cc2)(c2ccc(F)cc2)C(=O)N1CC(O)CN1CCC2(CC1)CCN(c1ccccc1)C2=O. The minimum absolute atomic E-state index is 0.0284. The maximum atomic E-state index is 14.0. The summed E-state index contributed by atoms with van der Waals surface area (Å²) in [7, 11) is 0. The highest BCUT2D eigenvalue weighted by Gasteiger charge is 2.51. The average Bonchev–Trinajstić information content (AvgIpc) is 3.44. The minimum atomic E-state index is -1.50. The summed E-state index contributed by atoms with van der Waals surface area (Å²) in [6.07, 6.45) is 1.42. The second kappa shape index (κ2) is 11.0. The number of nitrogens with zero attached hydrogens (tertiary/aromatic N) is 4. The van der Waals surface area contributed by atoms with Gasteiger partial charge in [-0.05, 0) is 86.8 Å². The van der Waals surface area contributed by atoms with Gasteiger partial charge in [0.1, 0.15) is 17.5 Å². The quantitative estimate of drug-likeness (QED) is 0.457. The van der Waals surface area contributed by atoms with E-state index in [2.05, 4.69) is 4.90 Å². The molecule has 3 aliphatic rings. The lowest BCUT2D eigenvalue weighted by Gasteiger charge is -2.39. The molecule has 0 aliphatic carbocycles. The third-order valence-electron chi connectivity index (χ3n) is 9.05. The van der Waals surface area contributed by atoms with Crippen LogP contribution in [-0.2, 0) is 15.1 Å². The van der Waals surface area contributed by atoms with E-state index >= 15 is 0 Å². The topological polar surface area (TPSA) is 76.5 Å². The number of aliphatic hydroxyl groups excluding tert-OH is 1. The van der Waals surface area contributed by atoms with Gasteiger partial charge in [-0.25, -0.2) is 13.8 Å². The first-order chi connectivity index (χ1) is 20.2. The maximum Gasteiger partial charge on any atom is 0.265 e. The van der Waals surface area contributed by atoms with Crippen molar-refractivity contribution in [3.63, 3.8) is 0 Å². The number of halogens is 2. The van der Waals surface area contributed by atoms with E-state index in [0.717, 1.165) is 24.9 Å². The Morgan fingerprint density at radius 2 is 1.33 bits per heavy atom. The zero-order valence-corrected chi connectivity index (χ0v) is 23.5. The van der Waals surface area contributed by atoms with Gasteiger partial charge < -0.3 is 14.9 Å². The summed E-state index contributed by atoms with van der Waals surface area (Å²) in [5.74, 6) is -0.666. The Morgan fingerprint density at radius 1 is 0.786 bits per heavy atom. The van der Waals surface area contributed by atoms with Crippen molar-refractivity contribution in [1.29, 1.82) is 0 Å². The van der Waals surface area contributed by atoms with Crippen molar-refractivity contribution in [2.75, 3.05) is 37.6 Å². The third-order valence-corrected chi connectivity index (χ3v) is 9.05. The fraction of sp³-hybridized carbons (Fsp3) is 0.364. The number of hydrogen-bond acceptors (Lipinski definition) is 5. The van der Waals surface area contributed by atoms with Crippen LogP contribution in [0.1, 0.15) is 37.3 Å². The number of piperidine rings is 1. The van der Waals surface area contributed by atoms with Crippen molar-refractivity contribution < 1.29 is 23.5 Å². The van der Waals surface area contributed by atoms with Crippen LogP contribution in [0.2, 0.25) is 0 Å². The molecule has 2 saturated heterocycles. The summed E-state index contributed by atoms with van der Waals surface area (Å²) < 4.78 is 27.5. The largest absolute Gasteiger partial charge is 0.390 e. The molecule has 0 aromatic heterocycles. The molecule has 3 aromatic carbocycles. The average molecular weight is 573 g/mol. The molecule has 2 amide bonds. The number of para-hydroxylation sites is 1. The molecule has 0 saturated carbocycles. The Balaban J connectivity index is 1.13. The van der Waals surface area contributed by atoms with Gasteiger partial charge in [0.25, 0.3) is 5.91 Å². The summed E-state index contributed by atoms with van der Waals surface area (Å²) in [5.41, 5.74) is -0.0132. The maximum absolute atomic E-state index is 14.0. The van der Waals surface area contributed by atoms with Gasteiger partial charge in [0.15, 0.2) is 5.54 Å². The van der Waals surface area contributed by atoms with E-state index in [0.29, 0.717) is 43.1 Å². The molecule has 42 heavy (non-hydrogen) atoms. The van der Waals surface area contributed by atoms with Crippen LogP contribution in [0.3, 0.4) is 0 Å². The molecule has 9 heteroatoms. The molecular formula is C33H34F2N4O3. The van der Waals surface area contributed by atoms with Crippen molar-refractivity contribution in [2.24, 2.45) is 10.4 Å². The first-order valence-corrected chi connectivity index (χ1v) is 14.4. The van der Waals surface area contributed by atoms with E-state index in [1.807, 2.05) is 35.2 Å². The molecule has 6 rings (SSSR count). The van der Waals surface area contributed by atoms with E-state index in [9.17, 15) is 23.5 Å². The number of anilines is 1. The van der Waals surface area contributed by atoms with E-state index in [1.54, 1.807) is 6.92 Å². The molecular weight excluding hydrogens is 538 g/mol. The fourth-order valence-electron chi connectivity index (χ4n) is 6.70. The zero-order valence-electron chi connectivity index (χ0n) is 23.5. The summed E-state index contributed by atoms with van der Waals surface area (Å²) in [4.78, 5) is 37.7. The van der Waals surface area contributed by atoms with Gasteiger partial charge in [0.05, 0.1) is 18.1 Å². The van der Waals surface area contributed by atoms with E-state index in [-0.39, 0.29) is 23.8 Å². The van der Waals surface area contributed by atoms with Gasteiger partial charge in [-0.3, -0.25) is 14.5 Å². The molecule has 1 spiro atoms. The van der Waals surface area contributed by atoms with Gasteiger partial charge in [-0.2, -0.15) is 0 Å².